The number of phenols is 1. The van der Waals surface area contributed by atoms with E-state index in [1.54, 1.807) is 0 Å². The van der Waals surface area contributed by atoms with Crippen LogP contribution >= 0.6 is 0 Å². The second-order valence-corrected chi connectivity index (χ2v) is 6.54. The van der Waals surface area contributed by atoms with E-state index in [4.69, 9.17) is 0 Å². The number of phenolic OH excluding ortho intramolecular Hbond substituents is 1. The van der Waals surface area contributed by atoms with E-state index in [1.807, 2.05) is 10.9 Å². The lowest BCUT2D eigenvalue weighted by molar-refractivity contribution is -0.137. The minimum atomic E-state index is -4.52. The summed E-state index contributed by atoms with van der Waals surface area (Å²) >= 11 is 0. The first-order valence-electron chi connectivity index (χ1n) is 7.87. The summed E-state index contributed by atoms with van der Waals surface area (Å²) < 4.78 is 40.4. The van der Waals surface area contributed by atoms with Crippen molar-refractivity contribution in [2.75, 3.05) is 0 Å². The SMILES string of the molecule is Cc1cc(C(F)(F)F)cc(O)c1-c1cnc2cn([C@H]3C[C@@H]3C)nc2n1. The summed E-state index contributed by atoms with van der Waals surface area (Å²) in [5.74, 6) is 0.0891. The molecular formula is C17H15F3N4O. The summed E-state index contributed by atoms with van der Waals surface area (Å²) in [7, 11) is 0. The molecule has 0 radical (unpaired) electrons. The molecule has 0 spiro atoms. The van der Waals surface area contributed by atoms with Gasteiger partial charge in [0.2, 0.25) is 0 Å². The first-order chi connectivity index (χ1) is 11.7. The second-order valence-electron chi connectivity index (χ2n) is 6.54. The summed E-state index contributed by atoms with van der Waals surface area (Å²) in [6.07, 6.45) is -0.199. The molecular weight excluding hydrogens is 333 g/mol. The summed E-state index contributed by atoms with van der Waals surface area (Å²) in [4.78, 5) is 8.67. The van der Waals surface area contributed by atoms with Gasteiger partial charge in [-0.1, -0.05) is 6.92 Å². The Bertz CT molecular complexity index is 957. The number of aromatic hydroxyl groups is 1. The standard InChI is InChI=1S/C17H15F3N4O/c1-8-4-13(8)24-7-12-16(23-24)22-11(6-21-12)15-9(2)3-10(5-14(15)25)17(18,19)20/h3,5-8,13,25H,4H2,1-2H3/t8-,13-/m0/s1. The zero-order valence-electron chi connectivity index (χ0n) is 13.5. The lowest BCUT2D eigenvalue weighted by atomic mass is 10.0. The van der Waals surface area contributed by atoms with Gasteiger partial charge in [0.25, 0.3) is 0 Å². The Morgan fingerprint density at radius 3 is 2.60 bits per heavy atom. The molecule has 130 valence electrons. The first kappa shape index (κ1) is 15.9. The predicted molar refractivity (Wildman–Crippen MR) is 85.0 cm³/mol. The highest BCUT2D eigenvalue weighted by Gasteiger charge is 2.35. The normalized spacial score (nSPS) is 20.2. The fourth-order valence-electron chi connectivity index (χ4n) is 3.04. The molecule has 1 aromatic carbocycles. The van der Waals surface area contributed by atoms with Crippen LogP contribution in [0.5, 0.6) is 5.75 Å². The Hall–Kier alpha value is -2.64. The van der Waals surface area contributed by atoms with E-state index in [9.17, 15) is 18.3 Å². The van der Waals surface area contributed by atoms with Gasteiger partial charge in [-0.2, -0.15) is 18.3 Å². The third-order valence-electron chi connectivity index (χ3n) is 4.55. The van der Waals surface area contributed by atoms with E-state index in [0.29, 0.717) is 34.9 Å². The van der Waals surface area contributed by atoms with Crippen LogP contribution in [-0.2, 0) is 6.18 Å². The number of aryl methyl sites for hydroxylation is 1. The fraction of sp³-hybridized carbons (Fsp3) is 0.353. The average Bonchev–Trinajstić information content (AvgIpc) is 3.09. The maximum Gasteiger partial charge on any atom is 0.416 e. The van der Waals surface area contributed by atoms with Gasteiger partial charge in [-0.05, 0) is 37.0 Å². The van der Waals surface area contributed by atoms with Crippen molar-refractivity contribution in [1.29, 1.82) is 0 Å². The molecule has 2 heterocycles. The molecule has 1 N–H and O–H groups in total. The third kappa shape index (κ3) is 2.71. The van der Waals surface area contributed by atoms with Crippen LogP contribution < -0.4 is 0 Å². The minimum absolute atomic E-state index is 0.233. The fourth-order valence-corrected chi connectivity index (χ4v) is 3.04. The largest absolute Gasteiger partial charge is 0.507 e. The molecule has 2 atom stereocenters. The Balaban J connectivity index is 1.79. The van der Waals surface area contributed by atoms with Crippen LogP contribution in [0.15, 0.2) is 24.5 Å². The number of nitrogens with zero attached hydrogens (tertiary/aromatic N) is 4. The number of benzene rings is 1. The van der Waals surface area contributed by atoms with Gasteiger partial charge in [-0.15, -0.1) is 0 Å². The minimum Gasteiger partial charge on any atom is -0.507 e. The molecule has 3 aromatic rings. The zero-order chi connectivity index (χ0) is 17.9. The molecule has 0 unspecified atom stereocenters. The van der Waals surface area contributed by atoms with E-state index in [-0.39, 0.29) is 11.1 Å². The number of halogens is 3. The monoisotopic (exact) mass is 348 g/mol. The number of hydrogen-bond acceptors (Lipinski definition) is 4. The molecule has 1 aliphatic carbocycles. The molecule has 4 rings (SSSR count). The zero-order valence-corrected chi connectivity index (χ0v) is 13.5. The summed E-state index contributed by atoms with van der Waals surface area (Å²) in [6.45, 7) is 3.63. The second kappa shape index (κ2) is 5.18. The van der Waals surface area contributed by atoms with Gasteiger partial charge in [-0.25, -0.2) is 9.97 Å². The highest BCUT2D eigenvalue weighted by Crippen LogP contribution is 2.42. The van der Waals surface area contributed by atoms with Crippen LogP contribution in [0.4, 0.5) is 13.2 Å². The van der Waals surface area contributed by atoms with Crippen molar-refractivity contribution < 1.29 is 18.3 Å². The van der Waals surface area contributed by atoms with Gasteiger partial charge in [0, 0.05) is 5.56 Å². The number of rotatable bonds is 2. The van der Waals surface area contributed by atoms with Crippen molar-refractivity contribution in [2.24, 2.45) is 5.92 Å². The number of alkyl halides is 3. The maximum atomic E-state index is 12.9. The van der Waals surface area contributed by atoms with Crippen LogP contribution in [0.1, 0.15) is 30.5 Å². The molecule has 25 heavy (non-hydrogen) atoms. The van der Waals surface area contributed by atoms with E-state index >= 15 is 0 Å². The van der Waals surface area contributed by atoms with Crippen molar-refractivity contribution in [3.63, 3.8) is 0 Å². The van der Waals surface area contributed by atoms with E-state index in [0.717, 1.165) is 12.5 Å². The molecule has 2 aromatic heterocycles. The van der Waals surface area contributed by atoms with Crippen LogP contribution in [-0.4, -0.2) is 24.9 Å². The Morgan fingerprint density at radius 1 is 1.28 bits per heavy atom. The molecule has 1 aliphatic rings. The van der Waals surface area contributed by atoms with Gasteiger partial charge in [-0.3, -0.25) is 4.68 Å². The molecule has 0 aliphatic heterocycles. The van der Waals surface area contributed by atoms with Crippen molar-refractivity contribution in [1.82, 2.24) is 19.7 Å². The van der Waals surface area contributed by atoms with Crippen LogP contribution in [0.2, 0.25) is 0 Å². The van der Waals surface area contributed by atoms with Gasteiger partial charge in [0.05, 0.1) is 29.7 Å². The summed E-state index contributed by atoms with van der Waals surface area (Å²) in [5, 5.41) is 14.5. The molecule has 1 fully saturated rings. The first-order valence-corrected chi connectivity index (χ1v) is 7.87. The van der Waals surface area contributed by atoms with Gasteiger partial charge in [0.15, 0.2) is 5.65 Å². The Morgan fingerprint density at radius 2 is 2.00 bits per heavy atom. The highest BCUT2D eigenvalue weighted by molar-refractivity contribution is 5.77. The third-order valence-corrected chi connectivity index (χ3v) is 4.55. The number of aromatic nitrogens is 4. The molecule has 0 bridgehead atoms. The highest BCUT2D eigenvalue weighted by atomic mass is 19.4. The van der Waals surface area contributed by atoms with Crippen molar-refractivity contribution in [2.45, 2.75) is 32.5 Å². The Kier molecular flexibility index (Phi) is 3.28. The van der Waals surface area contributed by atoms with Crippen molar-refractivity contribution in [3.05, 3.63) is 35.7 Å². The predicted octanol–water partition coefficient (Wildman–Crippen LogP) is 4.11. The molecule has 8 heteroatoms. The van der Waals surface area contributed by atoms with Crippen LogP contribution in [0.25, 0.3) is 22.4 Å². The van der Waals surface area contributed by atoms with Crippen LogP contribution in [0.3, 0.4) is 0 Å². The number of hydrogen-bond donors (Lipinski definition) is 1. The Labute approximate surface area is 141 Å². The van der Waals surface area contributed by atoms with Crippen molar-refractivity contribution in [3.8, 4) is 17.0 Å². The summed E-state index contributed by atoms with van der Waals surface area (Å²) in [6, 6.07) is 2.05. The van der Waals surface area contributed by atoms with Gasteiger partial charge in [0.1, 0.15) is 11.3 Å². The molecule has 0 saturated heterocycles. The van der Waals surface area contributed by atoms with Gasteiger partial charge >= 0.3 is 6.18 Å². The van der Waals surface area contributed by atoms with E-state index < -0.39 is 17.5 Å². The quantitative estimate of drug-likeness (QED) is 0.757. The lowest BCUT2D eigenvalue weighted by Gasteiger charge is -2.12. The molecule has 1 saturated carbocycles. The van der Waals surface area contributed by atoms with Crippen molar-refractivity contribution >= 4 is 11.2 Å². The van der Waals surface area contributed by atoms with E-state index in [1.165, 1.54) is 13.1 Å². The van der Waals surface area contributed by atoms with Gasteiger partial charge < -0.3 is 5.11 Å². The smallest absolute Gasteiger partial charge is 0.416 e. The summed E-state index contributed by atoms with van der Waals surface area (Å²) in [5.41, 5.74) is 0.938. The number of fused-ring (bicyclic) bond motifs is 1. The van der Waals surface area contributed by atoms with Crippen LogP contribution in [0, 0.1) is 12.8 Å². The molecule has 0 amide bonds. The van der Waals surface area contributed by atoms with E-state index in [2.05, 4.69) is 22.0 Å². The lowest BCUT2D eigenvalue weighted by Crippen LogP contribution is -2.05. The average molecular weight is 348 g/mol. The topological polar surface area (TPSA) is 63.8 Å². The maximum absolute atomic E-state index is 12.9. The molecule has 5 nitrogen and oxygen atoms in total.